The van der Waals surface area contributed by atoms with Gasteiger partial charge in [0.15, 0.2) is 0 Å². The number of hydrogen-bond acceptors (Lipinski definition) is 6. The molecule has 2 heterocycles. The summed E-state index contributed by atoms with van der Waals surface area (Å²) in [4.78, 5) is 29.9. The summed E-state index contributed by atoms with van der Waals surface area (Å²) >= 11 is 0. The number of amides is 1. The highest BCUT2D eigenvalue weighted by molar-refractivity contribution is 5.88. The van der Waals surface area contributed by atoms with Crippen molar-refractivity contribution in [1.29, 1.82) is 0 Å². The molecule has 2 aromatic carbocycles. The van der Waals surface area contributed by atoms with E-state index in [-0.39, 0.29) is 23.9 Å². The Hall–Kier alpha value is -3.81. The number of rotatable bonds is 6. The molecule has 4 aromatic rings. The van der Waals surface area contributed by atoms with Crippen molar-refractivity contribution in [3.63, 3.8) is 0 Å². The molecule has 0 aliphatic carbocycles. The van der Waals surface area contributed by atoms with Crippen LogP contribution in [-0.2, 0) is 11.2 Å². The number of benzene rings is 2. The van der Waals surface area contributed by atoms with Gasteiger partial charge in [-0.1, -0.05) is 53.2 Å². The van der Waals surface area contributed by atoms with Crippen molar-refractivity contribution in [2.75, 3.05) is 0 Å². The van der Waals surface area contributed by atoms with Crippen LogP contribution in [0.1, 0.15) is 50.0 Å². The first-order valence-corrected chi connectivity index (χ1v) is 10.5. The lowest BCUT2D eigenvalue weighted by atomic mass is 10.1. The van der Waals surface area contributed by atoms with Crippen LogP contribution in [0.4, 0.5) is 0 Å². The van der Waals surface area contributed by atoms with Crippen LogP contribution in [0.25, 0.3) is 22.2 Å². The number of nitrogens with one attached hydrogen (secondary N) is 1. The monoisotopic (exact) mass is 431 g/mol. The number of nitrogens with zero attached hydrogens (tertiary/aromatic N) is 4. The Labute approximate surface area is 185 Å². The summed E-state index contributed by atoms with van der Waals surface area (Å²) in [6, 6.07) is 14.4. The van der Waals surface area contributed by atoms with Gasteiger partial charge in [0.25, 0.3) is 5.56 Å². The molecule has 32 heavy (non-hydrogen) atoms. The summed E-state index contributed by atoms with van der Waals surface area (Å²) in [5, 5.41) is 12.6. The van der Waals surface area contributed by atoms with Crippen molar-refractivity contribution in [1.82, 2.24) is 25.2 Å². The molecule has 8 nitrogen and oxygen atoms in total. The zero-order valence-corrected chi connectivity index (χ0v) is 18.5. The molecule has 0 unspecified atom stereocenters. The molecule has 0 aliphatic heterocycles. The second-order valence-electron chi connectivity index (χ2n) is 8.12. The van der Waals surface area contributed by atoms with E-state index in [0.29, 0.717) is 28.2 Å². The molecular weight excluding hydrogens is 406 g/mol. The quantitative estimate of drug-likeness (QED) is 0.499. The third kappa shape index (κ3) is 4.30. The fourth-order valence-corrected chi connectivity index (χ4v) is 3.49. The number of carbonyl (C=O) groups is 1. The van der Waals surface area contributed by atoms with Crippen LogP contribution in [0.5, 0.6) is 0 Å². The number of aryl methyl sites for hydroxylation is 1. The van der Waals surface area contributed by atoms with Crippen LogP contribution in [-0.4, -0.2) is 25.8 Å². The minimum Gasteiger partial charge on any atom is -0.344 e. The van der Waals surface area contributed by atoms with E-state index < -0.39 is 6.04 Å². The van der Waals surface area contributed by atoms with Crippen molar-refractivity contribution in [3.8, 4) is 11.4 Å². The molecule has 0 saturated carbocycles. The molecule has 1 N–H and O–H groups in total. The Bertz CT molecular complexity index is 1320. The molecular formula is C24H25N5O3. The number of aromatic nitrogens is 4. The van der Waals surface area contributed by atoms with Gasteiger partial charge in [-0.25, -0.2) is 4.68 Å². The first kappa shape index (κ1) is 21.4. The van der Waals surface area contributed by atoms with Crippen LogP contribution >= 0.6 is 0 Å². The van der Waals surface area contributed by atoms with Gasteiger partial charge >= 0.3 is 0 Å². The summed E-state index contributed by atoms with van der Waals surface area (Å²) < 4.78 is 6.78. The molecule has 2 aromatic heterocycles. The van der Waals surface area contributed by atoms with Crippen LogP contribution in [0.3, 0.4) is 0 Å². The zero-order chi connectivity index (χ0) is 22.8. The molecule has 8 heteroatoms. The lowest BCUT2D eigenvalue weighted by Crippen LogP contribution is -2.31. The highest BCUT2D eigenvalue weighted by Gasteiger charge is 2.20. The molecule has 1 atom stereocenters. The van der Waals surface area contributed by atoms with Crippen LogP contribution in [0.2, 0.25) is 0 Å². The third-order valence-electron chi connectivity index (χ3n) is 5.22. The smallest absolute Gasteiger partial charge is 0.274 e. The minimum absolute atomic E-state index is 0.0246. The molecule has 4 rings (SSSR count). The van der Waals surface area contributed by atoms with E-state index in [4.69, 9.17) is 4.52 Å². The van der Waals surface area contributed by atoms with Gasteiger partial charge in [0.2, 0.25) is 17.6 Å². The van der Waals surface area contributed by atoms with Crippen molar-refractivity contribution in [2.24, 2.45) is 0 Å². The van der Waals surface area contributed by atoms with Gasteiger partial charge in [0, 0.05) is 10.9 Å². The van der Waals surface area contributed by atoms with Gasteiger partial charge in [-0.2, -0.15) is 10.1 Å². The predicted octanol–water partition coefficient (Wildman–Crippen LogP) is 3.76. The first-order chi connectivity index (χ1) is 15.3. The minimum atomic E-state index is -0.475. The molecule has 0 fully saturated rings. The Balaban J connectivity index is 1.53. The number of fused-ring (bicyclic) bond motifs is 1. The van der Waals surface area contributed by atoms with Crippen molar-refractivity contribution >= 4 is 16.7 Å². The Morgan fingerprint density at radius 1 is 1.06 bits per heavy atom. The zero-order valence-electron chi connectivity index (χ0n) is 18.5. The van der Waals surface area contributed by atoms with Crippen molar-refractivity contribution < 1.29 is 9.32 Å². The van der Waals surface area contributed by atoms with E-state index >= 15 is 0 Å². The highest BCUT2D eigenvalue weighted by atomic mass is 16.5. The first-order valence-electron chi connectivity index (χ1n) is 10.5. The van der Waals surface area contributed by atoms with Crippen LogP contribution in [0, 0.1) is 6.92 Å². The van der Waals surface area contributed by atoms with Crippen LogP contribution in [0.15, 0.2) is 57.8 Å². The number of hydrogen-bond donors (Lipinski definition) is 1. The van der Waals surface area contributed by atoms with E-state index in [0.717, 1.165) is 11.1 Å². The normalized spacial score (nSPS) is 12.3. The molecule has 0 aliphatic rings. The molecule has 0 bridgehead atoms. The van der Waals surface area contributed by atoms with Gasteiger partial charge < -0.3 is 9.84 Å². The molecule has 0 radical (unpaired) electrons. The summed E-state index contributed by atoms with van der Waals surface area (Å²) in [7, 11) is 0. The molecule has 1 amide bonds. The second-order valence-corrected chi connectivity index (χ2v) is 8.12. The van der Waals surface area contributed by atoms with E-state index in [9.17, 15) is 9.59 Å². The van der Waals surface area contributed by atoms with Gasteiger partial charge in [0.05, 0.1) is 23.5 Å². The van der Waals surface area contributed by atoms with E-state index in [1.54, 1.807) is 13.0 Å². The maximum Gasteiger partial charge on any atom is 0.274 e. The average molecular weight is 431 g/mol. The Kier molecular flexibility index (Phi) is 5.85. The summed E-state index contributed by atoms with van der Waals surface area (Å²) in [5.74, 6) is 0.538. The fraction of sp³-hybridized carbons (Fsp3) is 0.292. The maximum absolute atomic E-state index is 12.8. The van der Waals surface area contributed by atoms with Crippen molar-refractivity contribution in [3.05, 3.63) is 76.0 Å². The summed E-state index contributed by atoms with van der Waals surface area (Å²) in [6.45, 7) is 7.56. The van der Waals surface area contributed by atoms with E-state index in [1.165, 1.54) is 4.68 Å². The van der Waals surface area contributed by atoms with E-state index in [2.05, 4.69) is 20.6 Å². The standard InChI is InChI=1S/C24H25N5O3/c1-14(2)29-24(31)19-8-6-5-7-18(19)20(27-29)13-21(30)25-16(4)23-26-22(28-32-23)17-11-9-15(3)10-12-17/h5-12,14,16H,13H2,1-4H3,(H,25,30)/t16-/m0/s1. The maximum atomic E-state index is 12.8. The van der Waals surface area contributed by atoms with Crippen LogP contribution < -0.4 is 10.9 Å². The summed E-state index contributed by atoms with van der Waals surface area (Å²) in [6.07, 6.45) is 0.0246. The lowest BCUT2D eigenvalue weighted by Gasteiger charge is -2.14. The largest absolute Gasteiger partial charge is 0.344 e. The predicted molar refractivity (Wildman–Crippen MR) is 121 cm³/mol. The lowest BCUT2D eigenvalue weighted by molar-refractivity contribution is -0.121. The SMILES string of the molecule is Cc1ccc(-c2noc([C@H](C)NC(=O)Cc3nn(C(C)C)c(=O)c4ccccc34)n2)cc1. The number of carbonyl (C=O) groups excluding carboxylic acids is 1. The molecule has 0 spiro atoms. The van der Waals surface area contributed by atoms with Gasteiger partial charge in [-0.3, -0.25) is 9.59 Å². The Morgan fingerprint density at radius 3 is 2.44 bits per heavy atom. The fourth-order valence-electron chi connectivity index (χ4n) is 3.49. The second kappa shape index (κ2) is 8.74. The Morgan fingerprint density at radius 2 is 1.75 bits per heavy atom. The van der Waals surface area contributed by atoms with Gasteiger partial charge in [-0.15, -0.1) is 0 Å². The van der Waals surface area contributed by atoms with Crippen molar-refractivity contribution in [2.45, 2.75) is 46.2 Å². The van der Waals surface area contributed by atoms with E-state index in [1.807, 2.05) is 63.2 Å². The topological polar surface area (TPSA) is 103 Å². The third-order valence-corrected chi connectivity index (χ3v) is 5.22. The molecule has 164 valence electrons. The highest BCUT2D eigenvalue weighted by Crippen LogP contribution is 2.20. The molecule has 0 saturated heterocycles. The average Bonchev–Trinajstić information content (AvgIpc) is 3.26. The summed E-state index contributed by atoms with van der Waals surface area (Å²) in [5.41, 5.74) is 2.37. The van der Waals surface area contributed by atoms with Gasteiger partial charge in [0.1, 0.15) is 6.04 Å². The van der Waals surface area contributed by atoms with Gasteiger partial charge in [-0.05, 0) is 33.8 Å².